The van der Waals surface area contributed by atoms with E-state index >= 15 is 0 Å². The number of aromatic nitrogens is 1. The lowest BCUT2D eigenvalue weighted by Crippen LogP contribution is -2.46. The summed E-state index contributed by atoms with van der Waals surface area (Å²) >= 11 is 7.64. The molecular formula is C15H18ClN3O2S. The molecule has 3 rings (SSSR count). The first-order valence-corrected chi connectivity index (χ1v) is 8.61. The second kappa shape index (κ2) is 6.71. The number of hydrogen-bond donors (Lipinski definition) is 1. The molecule has 0 unspecified atom stereocenters. The number of rotatable bonds is 3. The lowest BCUT2D eigenvalue weighted by atomic mass is 10.1. The molecule has 0 saturated carbocycles. The van der Waals surface area contributed by atoms with Crippen molar-refractivity contribution in [3.05, 3.63) is 23.2 Å². The van der Waals surface area contributed by atoms with Crippen LogP contribution in [0.3, 0.4) is 0 Å². The van der Waals surface area contributed by atoms with Gasteiger partial charge in [-0.1, -0.05) is 29.0 Å². The van der Waals surface area contributed by atoms with Crippen LogP contribution in [0.15, 0.2) is 18.2 Å². The van der Waals surface area contributed by atoms with Crippen LogP contribution in [0.1, 0.15) is 19.8 Å². The number of piperidine rings is 1. The fraction of sp³-hybridized carbons (Fsp3) is 0.467. The molecule has 2 heterocycles. The van der Waals surface area contributed by atoms with Crippen molar-refractivity contribution in [2.24, 2.45) is 0 Å². The van der Waals surface area contributed by atoms with Crippen molar-refractivity contribution < 1.29 is 9.53 Å². The topological polar surface area (TPSA) is 54.5 Å². The van der Waals surface area contributed by atoms with E-state index in [-0.39, 0.29) is 12.1 Å². The molecule has 1 N–H and O–H groups in total. The normalized spacial score (nSPS) is 16.0. The predicted octanol–water partition coefficient (Wildman–Crippen LogP) is 3.52. The Kier molecular flexibility index (Phi) is 4.69. The monoisotopic (exact) mass is 339 g/mol. The number of benzene rings is 1. The van der Waals surface area contributed by atoms with Gasteiger partial charge in [0, 0.05) is 32.5 Å². The zero-order chi connectivity index (χ0) is 15.5. The van der Waals surface area contributed by atoms with Crippen molar-refractivity contribution >= 4 is 39.2 Å². The largest absolute Gasteiger partial charge is 0.467 e. The number of ether oxygens (including phenoxy) is 1. The van der Waals surface area contributed by atoms with E-state index in [1.165, 1.54) is 11.3 Å². The van der Waals surface area contributed by atoms with E-state index < -0.39 is 0 Å². The molecule has 1 fully saturated rings. The van der Waals surface area contributed by atoms with Gasteiger partial charge in [-0.3, -0.25) is 0 Å². The van der Waals surface area contributed by atoms with Crippen LogP contribution in [0.25, 0.3) is 10.2 Å². The molecular weight excluding hydrogens is 322 g/mol. The van der Waals surface area contributed by atoms with Gasteiger partial charge in [0.1, 0.15) is 11.6 Å². The number of likely N-dealkylation sites (tertiary alicyclic amines) is 1. The van der Waals surface area contributed by atoms with Crippen molar-refractivity contribution in [2.45, 2.75) is 25.9 Å². The fourth-order valence-electron chi connectivity index (χ4n) is 2.53. The average molecular weight is 340 g/mol. The number of fused-ring (bicyclic) bond motifs is 1. The highest BCUT2D eigenvalue weighted by Crippen LogP contribution is 2.33. The minimum atomic E-state index is 0.00715. The number of carbonyl (C=O) groups is 1. The summed E-state index contributed by atoms with van der Waals surface area (Å²) in [6.45, 7) is 4.00. The molecule has 1 aliphatic heterocycles. The zero-order valence-corrected chi connectivity index (χ0v) is 13.9. The molecule has 0 spiro atoms. The maximum absolute atomic E-state index is 11.8. The molecule has 5 nitrogen and oxygen atoms in total. The maximum atomic E-state index is 11.8. The van der Waals surface area contributed by atoms with Crippen LogP contribution in [0.5, 0.6) is 5.19 Å². The standard InChI is InChI=1S/C15H18ClN3O2S/c1-2-17-14(20)19-8-6-10(7-9-19)21-15-18-13-11(16)4-3-5-12(13)22-15/h3-5,10H,2,6-9H2,1H3,(H,17,20). The smallest absolute Gasteiger partial charge is 0.317 e. The average Bonchev–Trinajstić information content (AvgIpc) is 2.92. The van der Waals surface area contributed by atoms with Gasteiger partial charge in [0.15, 0.2) is 0 Å². The number of urea groups is 1. The quantitative estimate of drug-likeness (QED) is 0.930. The van der Waals surface area contributed by atoms with E-state index in [0.29, 0.717) is 29.9 Å². The predicted molar refractivity (Wildman–Crippen MR) is 88.9 cm³/mol. The molecule has 0 bridgehead atoms. The summed E-state index contributed by atoms with van der Waals surface area (Å²) < 4.78 is 7.00. The third-order valence-corrected chi connectivity index (χ3v) is 4.89. The summed E-state index contributed by atoms with van der Waals surface area (Å²) in [5, 5.41) is 4.13. The molecule has 1 saturated heterocycles. The van der Waals surface area contributed by atoms with E-state index in [9.17, 15) is 4.79 Å². The molecule has 1 aromatic carbocycles. The van der Waals surface area contributed by atoms with Gasteiger partial charge in [-0.25, -0.2) is 9.78 Å². The number of carbonyl (C=O) groups excluding carboxylic acids is 1. The highest BCUT2D eigenvalue weighted by atomic mass is 35.5. The Morgan fingerprint density at radius 2 is 2.27 bits per heavy atom. The molecule has 22 heavy (non-hydrogen) atoms. The molecule has 1 aromatic heterocycles. The van der Waals surface area contributed by atoms with Gasteiger partial charge < -0.3 is 15.0 Å². The third-order valence-electron chi connectivity index (χ3n) is 3.67. The maximum Gasteiger partial charge on any atom is 0.317 e. The zero-order valence-electron chi connectivity index (χ0n) is 12.3. The Balaban J connectivity index is 1.60. The van der Waals surface area contributed by atoms with Gasteiger partial charge in [0.2, 0.25) is 0 Å². The van der Waals surface area contributed by atoms with Crippen LogP contribution >= 0.6 is 22.9 Å². The van der Waals surface area contributed by atoms with Crippen LogP contribution in [-0.2, 0) is 0 Å². The number of amides is 2. The molecule has 0 radical (unpaired) electrons. The number of nitrogens with one attached hydrogen (secondary N) is 1. The molecule has 2 amide bonds. The van der Waals surface area contributed by atoms with Gasteiger partial charge in [-0.15, -0.1) is 0 Å². The lowest BCUT2D eigenvalue weighted by molar-refractivity contribution is 0.111. The van der Waals surface area contributed by atoms with E-state index in [0.717, 1.165) is 23.1 Å². The number of nitrogens with zero attached hydrogens (tertiary/aromatic N) is 2. The van der Waals surface area contributed by atoms with Crippen LogP contribution in [0, 0.1) is 0 Å². The molecule has 118 valence electrons. The Morgan fingerprint density at radius 1 is 1.50 bits per heavy atom. The molecule has 0 atom stereocenters. The van der Waals surface area contributed by atoms with E-state index in [1.54, 1.807) is 0 Å². The molecule has 1 aliphatic rings. The Hall–Kier alpha value is -1.53. The van der Waals surface area contributed by atoms with Gasteiger partial charge in [-0.05, 0) is 19.1 Å². The number of para-hydroxylation sites is 1. The Bertz CT molecular complexity index is 668. The lowest BCUT2D eigenvalue weighted by Gasteiger charge is -2.31. The third kappa shape index (κ3) is 3.28. The van der Waals surface area contributed by atoms with Crippen LogP contribution in [0.4, 0.5) is 4.79 Å². The molecule has 2 aromatic rings. The van der Waals surface area contributed by atoms with Gasteiger partial charge in [-0.2, -0.15) is 0 Å². The SMILES string of the molecule is CCNC(=O)N1CCC(Oc2nc3c(Cl)cccc3s2)CC1. The van der Waals surface area contributed by atoms with Gasteiger partial charge >= 0.3 is 6.03 Å². The second-order valence-electron chi connectivity index (χ2n) is 5.21. The Labute approximate surface area is 138 Å². The minimum absolute atomic E-state index is 0.00715. The van der Waals surface area contributed by atoms with E-state index in [1.807, 2.05) is 30.0 Å². The van der Waals surface area contributed by atoms with Crippen molar-refractivity contribution in [2.75, 3.05) is 19.6 Å². The second-order valence-corrected chi connectivity index (χ2v) is 6.61. The highest BCUT2D eigenvalue weighted by Gasteiger charge is 2.24. The van der Waals surface area contributed by atoms with Crippen molar-refractivity contribution in [1.29, 1.82) is 0 Å². The molecule has 7 heteroatoms. The first-order chi connectivity index (χ1) is 10.7. The van der Waals surface area contributed by atoms with Crippen molar-refractivity contribution in [1.82, 2.24) is 15.2 Å². The molecule has 0 aliphatic carbocycles. The van der Waals surface area contributed by atoms with E-state index in [4.69, 9.17) is 16.3 Å². The van der Waals surface area contributed by atoms with E-state index in [2.05, 4.69) is 10.3 Å². The van der Waals surface area contributed by atoms with Crippen LogP contribution in [0.2, 0.25) is 5.02 Å². The van der Waals surface area contributed by atoms with Crippen molar-refractivity contribution in [3.63, 3.8) is 0 Å². The minimum Gasteiger partial charge on any atom is -0.467 e. The summed E-state index contributed by atoms with van der Waals surface area (Å²) in [7, 11) is 0. The van der Waals surface area contributed by atoms with Crippen LogP contribution < -0.4 is 10.1 Å². The first kappa shape index (κ1) is 15.4. The Morgan fingerprint density at radius 3 is 2.95 bits per heavy atom. The van der Waals surface area contributed by atoms with Crippen LogP contribution in [-0.4, -0.2) is 41.7 Å². The van der Waals surface area contributed by atoms with Crippen molar-refractivity contribution in [3.8, 4) is 5.19 Å². The van der Waals surface area contributed by atoms with Gasteiger partial charge in [0.05, 0.1) is 9.72 Å². The highest BCUT2D eigenvalue weighted by molar-refractivity contribution is 7.20. The summed E-state index contributed by atoms with van der Waals surface area (Å²) in [4.78, 5) is 18.1. The fourth-order valence-corrected chi connectivity index (χ4v) is 3.71. The summed E-state index contributed by atoms with van der Waals surface area (Å²) in [6.07, 6.45) is 1.74. The number of halogens is 1. The summed E-state index contributed by atoms with van der Waals surface area (Å²) in [6, 6.07) is 5.74. The summed E-state index contributed by atoms with van der Waals surface area (Å²) in [5.41, 5.74) is 0.795. The number of thiazole rings is 1. The number of hydrogen-bond acceptors (Lipinski definition) is 4. The first-order valence-electron chi connectivity index (χ1n) is 7.42. The van der Waals surface area contributed by atoms with Gasteiger partial charge in [0.25, 0.3) is 5.19 Å². The summed E-state index contributed by atoms with van der Waals surface area (Å²) in [5.74, 6) is 0.